The summed E-state index contributed by atoms with van der Waals surface area (Å²) >= 11 is 0. The summed E-state index contributed by atoms with van der Waals surface area (Å²) in [7, 11) is 0. The van der Waals surface area contributed by atoms with Gasteiger partial charge in [-0.15, -0.1) is 0 Å². The van der Waals surface area contributed by atoms with Crippen molar-refractivity contribution in [2.75, 3.05) is 0 Å². The highest BCUT2D eigenvalue weighted by molar-refractivity contribution is 5.30. The normalized spacial score (nSPS) is 10.6. The van der Waals surface area contributed by atoms with E-state index in [0.29, 0.717) is 17.7 Å². The molecule has 18 heavy (non-hydrogen) atoms. The number of aromatic nitrogens is 2. The average Bonchev–Trinajstić information content (AvgIpc) is 2.74. The molecule has 0 atom stereocenters. The molecule has 0 N–H and O–H groups in total. The maximum Gasteiger partial charge on any atom is 0.389 e. The minimum absolute atomic E-state index is 0.189. The van der Waals surface area contributed by atoms with Gasteiger partial charge in [-0.3, -0.25) is 0 Å². The van der Waals surface area contributed by atoms with Crippen LogP contribution < -0.4 is 0 Å². The zero-order valence-electron chi connectivity index (χ0n) is 10.1. The lowest BCUT2D eigenvalue weighted by Gasteiger charge is -2.05. The first kappa shape index (κ1) is 12.2. The minimum Gasteiger partial charge on any atom is -0.358 e. The largest absolute Gasteiger partial charge is 0.389 e. The van der Waals surface area contributed by atoms with Gasteiger partial charge in [0, 0.05) is 0 Å². The molecule has 0 saturated heterocycles. The molecule has 0 amide bonds. The Morgan fingerprint density at radius 1 is 1.39 bits per heavy atom. The van der Waals surface area contributed by atoms with E-state index in [2.05, 4.69) is 5.10 Å². The third kappa shape index (κ3) is 2.37. The smallest absolute Gasteiger partial charge is 0.358 e. The maximum absolute atomic E-state index is 13.4. The van der Waals surface area contributed by atoms with Gasteiger partial charge in [0.15, 0.2) is 0 Å². The number of benzene rings is 1. The predicted octanol–water partition coefficient (Wildman–Crippen LogP) is 2.60. The van der Waals surface area contributed by atoms with Crippen molar-refractivity contribution < 1.29 is 9.31 Å². The van der Waals surface area contributed by atoms with Crippen LogP contribution in [0.25, 0.3) is 0 Å². The molecule has 94 valence electrons. The molecule has 6 heteroatoms. The van der Waals surface area contributed by atoms with Gasteiger partial charge in [-0.25, -0.2) is 4.39 Å². The first-order valence-electron chi connectivity index (χ1n) is 5.41. The van der Waals surface area contributed by atoms with Crippen LogP contribution in [0.5, 0.6) is 0 Å². The van der Waals surface area contributed by atoms with E-state index in [1.54, 1.807) is 26.0 Å². The van der Waals surface area contributed by atoms with Crippen molar-refractivity contribution in [2.45, 2.75) is 20.4 Å². The summed E-state index contributed by atoms with van der Waals surface area (Å²) in [6.45, 7) is 3.77. The lowest BCUT2D eigenvalue weighted by atomic mass is 10.1. The Balaban J connectivity index is 2.25. The molecule has 5 nitrogen and oxygen atoms in total. The second kappa shape index (κ2) is 4.56. The van der Waals surface area contributed by atoms with E-state index in [4.69, 9.17) is 0 Å². The Kier molecular flexibility index (Phi) is 3.10. The van der Waals surface area contributed by atoms with Gasteiger partial charge in [0.1, 0.15) is 5.82 Å². The third-order valence-corrected chi connectivity index (χ3v) is 2.65. The monoisotopic (exact) mass is 249 g/mol. The first-order chi connectivity index (χ1) is 8.47. The summed E-state index contributed by atoms with van der Waals surface area (Å²) in [5, 5.41) is 14.3. The Labute approximate surface area is 103 Å². The van der Waals surface area contributed by atoms with Crippen LogP contribution >= 0.6 is 0 Å². The fourth-order valence-electron chi connectivity index (χ4n) is 1.85. The van der Waals surface area contributed by atoms with Crippen molar-refractivity contribution >= 4 is 5.82 Å². The summed E-state index contributed by atoms with van der Waals surface area (Å²) in [5.41, 5.74) is 1.99. The molecule has 0 aliphatic rings. The molecule has 0 saturated carbocycles. The predicted molar refractivity (Wildman–Crippen MR) is 63.9 cm³/mol. The maximum atomic E-state index is 13.4. The highest BCUT2D eigenvalue weighted by atomic mass is 19.1. The van der Waals surface area contributed by atoms with Crippen LogP contribution in [0.3, 0.4) is 0 Å². The summed E-state index contributed by atoms with van der Waals surface area (Å²) < 4.78 is 14.9. The van der Waals surface area contributed by atoms with Crippen molar-refractivity contribution in [3.05, 3.63) is 57.0 Å². The van der Waals surface area contributed by atoms with Gasteiger partial charge in [0.25, 0.3) is 0 Å². The van der Waals surface area contributed by atoms with Gasteiger partial charge < -0.3 is 10.1 Å². The standard InChI is InChI=1S/C12H12FN3O2/c1-8-5-10(6-9(2)12(8)13)7-15-4-3-11(14-15)16(17)18/h3-6H,7H2,1-2H3. The van der Waals surface area contributed by atoms with E-state index >= 15 is 0 Å². The van der Waals surface area contributed by atoms with Crippen LogP contribution in [0.2, 0.25) is 0 Å². The van der Waals surface area contributed by atoms with Gasteiger partial charge >= 0.3 is 5.82 Å². The highest BCUT2D eigenvalue weighted by Gasteiger charge is 2.12. The fraction of sp³-hybridized carbons (Fsp3) is 0.250. The molecular formula is C12H12FN3O2. The van der Waals surface area contributed by atoms with E-state index in [1.807, 2.05) is 0 Å². The van der Waals surface area contributed by atoms with Crippen LogP contribution in [0.1, 0.15) is 16.7 Å². The Bertz CT molecular complexity index is 584. The molecule has 0 spiro atoms. The average molecular weight is 249 g/mol. The van der Waals surface area contributed by atoms with Crippen LogP contribution in [-0.2, 0) is 6.54 Å². The van der Waals surface area contributed by atoms with Gasteiger partial charge in [0.05, 0.1) is 23.9 Å². The minimum atomic E-state index is -0.544. The number of halogens is 1. The van der Waals surface area contributed by atoms with Crippen LogP contribution in [0, 0.1) is 29.8 Å². The van der Waals surface area contributed by atoms with Crippen molar-refractivity contribution in [1.29, 1.82) is 0 Å². The molecule has 2 rings (SSSR count). The molecule has 1 aromatic carbocycles. The zero-order valence-corrected chi connectivity index (χ0v) is 10.1. The van der Waals surface area contributed by atoms with Gasteiger partial charge in [0.2, 0.25) is 0 Å². The topological polar surface area (TPSA) is 61.0 Å². The Hall–Kier alpha value is -2.24. The van der Waals surface area contributed by atoms with Crippen molar-refractivity contribution in [3.8, 4) is 0 Å². The van der Waals surface area contributed by atoms with E-state index in [9.17, 15) is 14.5 Å². The summed E-state index contributed by atoms with van der Waals surface area (Å²) in [5.74, 6) is -0.407. The second-order valence-corrected chi connectivity index (χ2v) is 4.17. The van der Waals surface area contributed by atoms with Gasteiger partial charge in [-0.05, 0) is 35.5 Å². The third-order valence-electron chi connectivity index (χ3n) is 2.65. The van der Waals surface area contributed by atoms with Crippen molar-refractivity contribution in [2.24, 2.45) is 0 Å². The van der Waals surface area contributed by atoms with E-state index < -0.39 is 4.92 Å². The van der Waals surface area contributed by atoms with Gasteiger partial charge in [-0.2, -0.15) is 4.68 Å². The van der Waals surface area contributed by atoms with Crippen LogP contribution in [-0.4, -0.2) is 14.7 Å². The van der Waals surface area contributed by atoms with Crippen LogP contribution in [0.15, 0.2) is 24.4 Å². The number of rotatable bonds is 3. The molecular weight excluding hydrogens is 237 g/mol. The number of nitro groups is 1. The second-order valence-electron chi connectivity index (χ2n) is 4.17. The molecule has 0 aliphatic heterocycles. The quantitative estimate of drug-likeness (QED) is 0.620. The summed E-state index contributed by atoms with van der Waals surface area (Å²) in [4.78, 5) is 9.96. The molecule has 2 aromatic rings. The molecule has 0 bridgehead atoms. The molecule has 1 heterocycles. The molecule has 1 aromatic heterocycles. The lowest BCUT2D eigenvalue weighted by molar-refractivity contribution is -0.389. The molecule has 0 radical (unpaired) electrons. The van der Waals surface area contributed by atoms with E-state index in [1.165, 1.54) is 16.9 Å². The molecule has 0 fully saturated rings. The highest BCUT2D eigenvalue weighted by Crippen LogP contribution is 2.16. The van der Waals surface area contributed by atoms with Gasteiger partial charge in [-0.1, -0.05) is 12.1 Å². The van der Waals surface area contributed by atoms with E-state index in [0.717, 1.165) is 5.56 Å². The van der Waals surface area contributed by atoms with Crippen LogP contribution in [0.4, 0.5) is 10.2 Å². The Morgan fingerprint density at radius 3 is 2.50 bits per heavy atom. The summed E-state index contributed by atoms with van der Waals surface area (Å²) in [6, 6.07) is 4.77. The zero-order chi connectivity index (χ0) is 13.3. The number of hydrogen-bond donors (Lipinski definition) is 0. The molecule has 0 unspecified atom stereocenters. The SMILES string of the molecule is Cc1cc(Cn2ccc([N+](=O)[O-])n2)cc(C)c1F. The number of aryl methyl sites for hydroxylation is 2. The molecule has 0 aliphatic carbocycles. The summed E-state index contributed by atoms with van der Waals surface area (Å²) in [6.07, 6.45) is 1.53. The Morgan fingerprint density at radius 2 is 2.00 bits per heavy atom. The van der Waals surface area contributed by atoms with E-state index in [-0.39, 0.29) is 11.6 Å². The lowest BCUT2D eigenvalue weighted by Crippen LogP contribution is -2.03. The fourth-order valence-corrected chi connectivity index (χ4v) is 1.85. The van der Waals surface area contributed by atoms with Crippen molar-refractivity contribution in [1.82, 2.24) is 9.78 Å². The first-order valence-corrected chi connectivity index (χ1v) is 5.41. The van der Waals surface area contributed by atoms with Crippen molar-refractivity contribution in [3.63, 3.8) is 0 Å². The number of nitrogens with zero attached hydrogens (tertiary/aromatic N) is 3. The number of hydrogen-bond acceptors (Lipinski definition) is 3.